The van der Waals surface area contributed by atoms with Crippen LogP contribution >= 0.6 is 0 Å². The van der Waals surface area contributed by atoms with E-state index in [0.717, 1.165) is 28.2 Å². The minimum atomic E-state index is 0.798. The Morgan fingerprint density at radius 2 is 1.64 bits per heavy atom. The molecule has 2 aromatic heterocycles. The molecular weight excluding hydrogens is 274 g/mol. The predicted octanol–water partition coefficient (Wildman–Crippen LogP) is 3.32. The normalized spacial score (nSPS) is 10.7. The average Bonchev–Trinajstić information content (AvgIpc) is 3.28. The van der Waals surface area contributed by atoms with Crippen LogP contribution in [0, 0.1) is 0 Å². The van der Waals surface area contributed by atoms with Gasteiger partial charge in [0, 0.05) is 17.3 Å². The Balaban J connectivity index is 1.80. The van der Waals surface area contributed by atoms with Crippen LogP contribution in [-0.4, -0.2) is 25.2 Å². The van der Waals surface area contributed by atoms with Crippen molar-refractivity contribution in [3.05, 3.63) is 73.1 Å². The SMILES string of the molecule is c1ccc(-c2ccn(-c3ccccc3-c3cn[nH]n3)n2)cc1. The van der Waals surface area contributed by atoms with Crippen LogP contribution in [0.5, 0.6) is 0 Å². The maximum atomic E-state index is 4.68. The number of benzene rings is 2. The number of nitrogens with zero attached hydrogens (tertiary/aromatic N) is 4. The topological polar surface area (TPSA) is 59.4 Å². The number of rotatable bonds is 3. The van der Waals surface area contributed by atoms with Gasteiger partial charge in [0.25, 0.3) is 0 Å². The predicted molar refractivity (Wildman–Crippen MR) is 84.4 cm³/mol. The van der Waals surface area contributed by atoms with Gasteiger partial charge < -0.3 is 0 Å². The maximum Gasteiger partial charge on any atom is 0.114 e. The fourth-order valence-corrected chi connectivity index (χ4v) is 2.44. The number of aromatic nitrogens is 5. The summed E-state index contributed by atoms with van der Waals surface area (Å²) in [6.07, 6.45) is 3.67. The van der Waals surface area contributed by atoms with Gasteiger partial charge in [-0.1, -0.05) is 48.5 Å². The van der Waals surface area contributed by atoms with Crippen LogP contribution in [0.2, 0.25) is 0 Å². The quantitative estimate of drug-likeness (QED) is 0.629. The molecule has 0 aliphatic carbocycles. The molecule has 0 aliphatic heterocycles. The average molecular weight is 287 g/mol. The summed E-state index contributed by atoms with van der Waals surface area (Å²) in [6.45, 7) is 0. The van der Waals surface area contributed by atoms with Crippen molar-refractivity contribution in [2.24, 2.45) is 0 Å². The summed E-state index contributed by atoms with van der Waals surface area (Å²) in [5.74, 6) is 0. The lowest BCUT2D eigenvalue weighted by atomic mass is 10.1. The number of hydrogen-bond donors (Lipinski definition) is 1. The van der Waals surface area contributed by atoms with Gasteiger partial charge in [0.15, 0.2) is 0 Å². The third kappa shape index (κ3) is 2.18. The van der Waals surface area contributed by atoms with Gasteiger partial charge in [-0.3, -0.25) is 0 Å². The van der Waals surface area contributed by atoms with Crippen LogP contribution < -0.4 is 0 Å². The van der Waals surface area contributed by atoms with E-state index < -0.39 is 0 Å². The molecule has 2 aromatic carbocycles. The molecule has 0 spiro atoms. The Hall–Kier alpha value is -3.21. The summed E-state index contributed by atoms with van der Waals surface area (Å²) in [5.41, 5.74) is 4.79. The molecule has 5 heteroatoms. The first-order chi connectivity index (χ1) is 10.9. The van der Waals surface area contributed by atoms with Crippen LogP contribution in [0.3, 0.4) is 0 Å². The molecule has 0 fully saturated rings. The lowest BCUT2D eigenvalue weighted by molar-refractivity contribution is 0.884. The van der Waals surface area contributed by atoms with E-state index in [9.17, 15) is 0 Å². The minimum absolute atomic E-state index is 0.798. The first-order valence-electron chi connectivity index (χ1n) is 6.98. The monoisotopic (exact) mass is 287 g/mol. The molecule has 5 nitrogen and oxygen atoms in total. The van der Waals surface area contributed by atoms with E-state index in [1.54, 1.807) is 6.20 Å². The molecule has 0 atom stereocenters. The number of nitrogens with one attached hydrogen (secondary N) is 1. The molecule has 0 amide bonds. The molecule has 106 valence electrons. The molecule has 0 unspecified atom stereocenters. The third-order valence-corrected chi connectivity index (χ3v) is 3.50. The fourth-order valence-electron chi connectivity index (χ4n) is 2.44. The van der Waals surface area contributed by atoms with Gasteiger partial charge in [-0.25, -0.2) is 4.68 Å². The van der Waals surface area contributed by atoms with Gasteiger partial charge in [0.1, 0.15) is 5.69 Å². The first kappa shape index (κ1) is 12.5. The van der Waals surface area contributed by atoms with E-state index in [4.69, 9.17) is 0 Å². The Bertz CT molecular complexity index is 878. The highest BCUT2D eigenvalue weighted by molar-refractivity contribution is 5.69. The molecular formula is C17H13N5. The molecule has 4 aromatic rings. The minimum Gasteiger partial charge on any atom is -0.240 e. The first-order valence-corrected chi connectivity index (χ1v) is 6.98. The van der Waals surface area contributed by atoms with Crippen molar-refractivity contribution in [1.29, 1.82) is 0 Å². The second-order valence-corrected chi connectivity index (χ2v) is 4.88. The smallest absolute Gasteiger partial charge is 0.114 e. The molecule has 22 heavy (non-hydrogen) atoms. The van der Waals surface area contributed by atoms with E-state index >= 15 is 0 Å². The van der Waals surface area contributed by atoms with Gasteiger partial charge in [-0.15, -0.1) is 0 Å². The van der Waals surface area contributed by atoms with E-state index in [0.29, 0.717) is 0 Å². The highest BCUT2D eigenvalue weighted by Crippen LogP contribution is 2.25. The van der Waals surface area contributed by atoms with Crippen molar-refractivity contribution >= 4 is 0 Å². The number of hydrogen-bond acceptors (Lipinski definition) is 3. The van der Waals surface area contributed by atoms with Crippen LogP contribution in [0.4, 0.5) is 0 Å². The zero-order valence-corrected chi connectivity index (χ0v) is 11.7. The Morgan fingerprint density at radius 1 is 0.818 bits per heavy atom. The molecule has 0 bridgehead atoms. The van der Waals surface area contributed by atoms with Crippen molar-refractivity contribution in [1.82, 2.24) is 25.2 Å². The number of H-pyrrole nitrogens is 1. The van der Waals surface area contributed by atoms with Crippen LogP contribution in [0.1, 0.15) is 0 Å². The second kappa shape index (κ2) is 5.29. The summed E-state index contributed by atoms with van der Waals surface area (Å²) in [5, 5.41) is 15.4. The summed E-state index contributed by atoms with van der Waals surface area (Å²) in [4.78, 5) is 0. The highest BCUT2D eigenvalue weighted by atomic mass is 15.3. The van der Waals surface area contributed by atoms with Gasteiger partial charge in [-0.2, -0.15) is 20.5 Å². The van der Waals surface area contributed by atoms with Gasteiger partial charge in [0.2, 0.25) is 0 Å². The van der Waals surface area contributed by atoms with Crippen molar-refractivity contribution in [2.75, 3.05) is 0 Å². The Labute approximate surface area is 127 Å². The van der Waals surface area contributed by atoms with E-state index in [-0.39, 0.29) is 0 Å². The second-order valence-electron chi connectivity index (χ2n) is 4.88. The fraction of sp³-hybridized carbons (Fsp3) is 0. The molecule has 0 saturated carbocycles. The largest absolute Gasteiger partial charge is 0.240 e. The van der Waals surface area contributed by atoms with Crippen molar-refractivity contribution < 1.29 is 0 Å². The van der Waals surface area contributed by atoms with E-state index in [2.05, 4.69) is 32.6 Å². The number of aromatic amines is 1. The standard InChI is InChI=1S/C17H13N5/c1-2-6-13(7-3-1)15-10-11-22(20-15)17-9-5-4-8-14(17)16-12-18-21-19-16/h1-12H,(H,18,19,21). The van der Waals surface area contributed by atoms with Crippen LogP contribution in [0.15, 0.2) is 73.1 Å². The summed E-state index contributed by atoms with van der Waals surface area (Å²) in [6, 6.07) is 20.1. The lowest BCUT2D eigenvalue weighted by Crippen LogP contribution is -1.98. The van der Waals surface area contributed by atoms with Crippen molar-refractivity contribution in [2.45, 2.75) is 0 Å². The molecule has 2 heterocycles. The zero-order chi connectivity index (χ0) is 14.8. The van der Waals surface area contributed by atoms with Gasteiger partial charge >= 0.3 is 0 Å². The number of para-hydroxylation sites is 1. The maximum absolute atomic E-state index is 4.68. The van der Waals surface area contributed by atoms with Crippen LogP contribution in [-0.2, 0) is 0 Å². The Kier molecular flexibility index (Phi) is 3.01. The van der Waals surface area contributed by atoms with Crippen molar-refractivity contribution in [3.63, 3.8) is 0 Å². The highest BCUT2D eigenvalue weighted by Gasteiger charge is 2.10. The van der Waals surface area contributed by atoms with Gasteiger partial charge in [-0.05, 0) is 12.1 Å². The summed E-state index contributed by atoms with van der Waals surface area (Å²) < 4.78 is 1.87. The zero-order valence-electron chi connectivity index (χ0n) is 11.7. The van der Waals surface area contributed by atoms with Crippen LogP contribution in [0.25, 0.3) is 28.2 Å². The summed E-state index contributed by atoms with van der Waals surface area (Å²) in [7, 11) is 0. The Morgan fingerprint density at radius 3 is 2.45 bits per heavy atom. The summed E-state index contributed by atoms with van der Waals surface area (Å²) >= 11 is 0. The van der Waals surface area contributed by atoms with E-state index in [1.807, 2.05) is 59.4 Å². The molecule has 1 N–H and O–H groups in total. The van der Waals surface area contributed by atoms with E-state index in [1.165, 1.54) is 0 Å². The van der Waals surface area contributed by atoms with Crippen molar-refractivity contribution in [3.8, 4) is 28.2 Å². The van der Waals surface area contributed by atoms with Gasteiger partial charge in [0.05, 0.1) is 17.6 Å². The molecule has 0 saturated heterocycles. The lowest BCUT2D eigenvalue weighted by Gasteiger charge is -2.06. The molecule has 0 radical (unpaired) electrons. The third-order valence-electron chi connectivity index (χ3n) is 3.50. The molecule has 0 aliphatic rings. The molecule has 4 rings (SSSR count).